The molecule has 2 N–H and O–H groups in total. The van der Waals surface area contributed by atoms with Crippen molar-refractivity contribution in [3.05, 3.63) is 48.5 Å². The summed E-state index contributed by atoms with van der Waals surface area (Å²) in [5.41, 5.74) is 2.67. The van der Waals surface area contributed by atoms with Gasteiger partial charge in [-0.3, -0.25) is 4.79 Å². The van der Waals surface area contributed by atoms with Crippen LogP contribution in [0.1, 0.15) is 18.9 Å². The Hall–Kier alpha value is -2.41. The maximum Gasteiger partial charge on any atom is 0.233 e. The Balaban J connectivity index is 1.47. The summed E-state index contributed by atoms with van der Waals surface area (Å²) in [6.45, 7) is 2.55. The van der Waals surface area contributed by atoms with Gasteiger partial charge in [0.2, 0.25) is 5.91 Å². The van der Waals surface area contributed by atoms with Crippen molar-refractivity contribution in [3.63, 3.8) is 0 Å². The van der Waals surface area contributed by atoms with Crippen molar-refractivity contribution in [2.75, 3.05) is 6.54 Å². The van der Waals surface area contributed by atoms with Gasteiger partial charge in [-0.15, -0.1) is 0 Å². The third-order valence-corrected chi connectivity index (χ3v) is 4.73. The van der Waals surface area contributed by atoms with E-state index < -0.39 is 0 Å². The number of fused-ring (bicyclic) bond motifs is 1. The number of thioether (sulfide) groups is 1. The van der Waals surface area contributed by atoms with Crippen LogP contribution in [0.25, 0.3) is 11.2 Å². The van der Waals surface area contributed by atoms with Crippen LogP contribution in [0.3, 0.4) is 0 Å². The number of amides is 1. The topological polar surface area (TPSA) is 83.6 Å². The fourth-order valence-electron chi connectivity index (χ4n) is 2.35. The van der Waals surface area contributed by atoms with Crippen LogP contribution in [-0.2, 0) is 11.2 Å². The van der Waals surface area contributed by atoms with E-state index in [0.29, 0.717) is 12.2 Å². The van der Waals surface area contributed by atoms with Crippen molar-refractivity contribution in [2.45, 2.75) is 30.0 Å². The molecule has 0 aliphatic rings. The van der Waals surface area contributed by atoms with E-state index in [1.807, 2.05) is 25.1 Å². The lowest BCUT2D eigenvalue weighted by Crippen LogP contribution is -2.31. The summed E-state index contributed by atoms with van der Waals surface area (Å²) in [5, 5.41) is 3.49. The second kappa shape index (κ2) is 7.92. The highest BCUT2D eigenvalue weighted by atomic mass is 32.2. The Morgan fingerprint density at radius 3 is 2.92 bits per heavy atom. The summed E-state index contributed by atoms with van der Waals surface area (Å²) in [5.74, 6) is 0.0133. The van der Waals surface area contributed by atoms with E-state index in [1.165, 1.54) is 23.7 Å². The van der Waals surface area contributed by atoms with Crippen LogP contribution in [0, 0.1) is 0 Å². The van der Waals surface area contributed by atoms with E-state index in [4.69, 9.17) is 0 Å². The van der Waals surface area contributed by atoms with Crippen molar-refractivity contribution in [2.24, 2.45) is 0 Å². The number of H-pyrrole nitrogens is 1. The van der Waals surface area contributed by atoms with Crippen molar-refractivity contribution in [3.8, 4) is 0 Å². The fraction of sp³-hybridized carbons (Fsp3) is 0.294. The van der Waals surface area contributed by atoms with E-state index in [0.717, 1.165) is 23.4 Å². The van der Waals surface area contributed by atoms with Crippen LogP contribution in [0.2, 0.25) is 0 Å². The van der Waals surface area contributed by atoms with E-state index in [9.17, 15) is 4.79 Å². The summed E-state index contributed by atoms with van der Waals surface area (Å²) < 4.78 is 0. The summed E-state index contributed by atoms with van der Waals surface area (Å²) in [4.78, 5) is 27.7. The first kappa shape index (κ1) is 16.4. The lowest BCUT2D eigenvalue weighted by atomic mass is 10.1. The summed E-state index contributed by atoms with van der Waals surface area (Å²) in [6.07, 6.45) is 4.93. The van der Waals surface area contributed by atoms with E-state index in [1.54, 1.807) is 6.33 Å². The molecule has 7 heteroatoms. The largest absolute Gasteiger partial charge is 0.355 e. The standard InChI is InChI=1S/C17H19N5OS/c1-12(24-17-14-15(20-10-19-14)21-11-22-17)16(23)18-9-5-8-13-6-3-2-4-7-13/h2-4,6-7,10-12H,5,8-9H2,1H3,(H,18,23)(H,19,20,21,22)/t12-/m1/s1. The molecule has 0 saturated heterocycles. The Morgan fingerprint density at radius 1 is 1.25 bits per heavy atom. The number of aryl methyl sites for hydroxylation is 1. The molecule has 0 aliphatic carbocycles. The second-order valence-corrected chi connectivity index (χ2v) is 6.75. The highest BCUT2D eigenvalue weighted by molar-refractivity contribution is 8.00. The third-order valence-electron chi connectivity index (χ3n) is 3.63. The minimum absolute atomic E-state index is 0.0133. The van der Waals surface area contributed by atoms with Gasteiger partial charge in [-0.25, -0.2) is 15.0 Å². The molecule has 1 amide bonds. The third kappa shape index (κ3) is 4.11. The molecule has 0 unspecified atom stereocenters. The number of carbonyl (C=O) groups is 1. The molecule has 1 atom stereocenters. The average molecular weight is 341 g/mol. The number of imidazole rings is 1. The summed E-state index contributed by atoms with van der Waals surface area (Å²) in [6, 6.07) is 10.3. The normalized spacial score (nSPS) is 12.2. The first-order valence-electron chi connectivity index (χ1n) is 7.86. The number of aromatic amines is 1. The summed E-state index contributed by atoms with van der Waals surface area (Å²) in [7, 11) is 0. The molecule has 0 bridgehead atoms. The van der Waals surface area contributed by atoms with Gasteiger partial charge in [0, 0.05) is 6.54 Å². The Bertz CT molecular complexity index is 805. The highest BCUT2D eigenvalue weighted by Crippen LogP contribution is 2.25. The van der Waals surface area contributed by atoms with Crippen LogP contribution < -0.4 is 5.32 Å². The van der Waals surface area contributed by atoms with Crippen molar-refractivity contribution in [1.82, 2.24) is 25.3 Å². The molecule has 24 heavy (non-hydrogen) atoms. The zero-order valence-corrected chi connectivity index (χ0v) is 14.2. The van der Waals surface area contributed by atoms with Crippen LogP contribution in [0.4, 0.5) is 0 Å². The van der Waals surface area contributed by atoms with Gasteiger partial charge in [0.25, 0.3) is 0 Å². The molecule has 3 rings (SSSR count). The van der Waals surface area contributed by atoms with Crippen LogP contribution in [-0.4, -0.2) is 37.6 Å². The zero-order valence-electron chi connectivity index (χ0n) is 13.4. The van der Waals surface area contributed by atoms with Gasteiger partial charge in [-0.1, -0.05) is 42.1 Å². The molecule has 0 saturated carbocycles. The van der Waals surface area contributed by atoms with Crippen LogP contribution in [0.5, 0.6) is 0 Å². The second-order valence-electron chi connectivity index (χ2n) is 5.42. The predicted octanol–water partition coefficient (Wildman–Crippen LogP) is 2.58. The monoisotopic (exact) mass is 341 g/mol. The number of nitrogens with zero attached hydrogens (tertiary/aromatic N) is 3. The number of aromatic nitrogens is 4. The van der Waals surface area contributed by atoms with Crippen molar-refractivity contribution >= 4 is 28.8 Å². The molecule has 1 aromatic carbocycles. The molecule has 0 radical (unpaired) electrons. The Labute approximate surface area is 144 Å². The molecular weight excluding hydrogens is 322 g/mol. The maximum absolute atomic E-state index is 12.2. The number of hydrogen-bond donors (Lipinski definition) is 2. The highest BCUT2D eigenvalue weighted by Gasteiger charge is 2.17. The number of nitrogens with one attached hydrogen (secondary N) is 2. The Kier molecular flexibility index (Phi) is 5.43. The number of rotatable bonds is 7. The molecule has 6 nitrogen and oxygen atoms in total. The quantitative estimate of drug-likeness (QED) is 0.392. The Morgan fingerprint density at radius 2 is 2.08 bits per heavy atom. The number of carbonyl (C=O) groups excluding carboxylic acids is 1. The van der Waals surface area contributed by atoms with E-state index in [-0.39, 0.29) is 11.2 Å². The number of benzene rings is 1. The minimum atomic E-state index is -0.233. The van der Waals surface area contributed by atoms with Gasteiger partial charge >= 0.3 is 0 Å². The molecule has 0 fully saturated rings. The lowest BCUT2D eigenvalue weighted by molar-refractivity contribution is -0.120. The fourth-order valence-corrected chi connectivity index (χ4v) is 3.25. The molecule has 124 valence electrons. The lowest BCUT2D eigenvalue weighted by Gasteiger charge is -2.11. The maximum atomic E-state index is 12.2. The van der Waals surface area contributed by atoms with Gasteiger partial charge < -0.3 is 10.3 Å². The SMILES string of the molecule is C[C@@H](Sc1ncnc2nc[nH]c12)C(=O)NCCCc1ccccc1. The first-order valence-corrected chi connectivity index (χ1v) is 8.74. The van der Waals surface area contributed by atoms with Crippen molar-refractivity contribution < 1.29 is 4.79 Å². The predicted molar refractivity (Wildman–Crippen MR) is 94.8 cm³/mol. The van der Waals surface area contributed by atoms with E-state index in [2.05, 4.69) is 37.4 Å². The van der Waals surface area contributed by atoms with Gasteiger partial charge in [-0.2, -0.15) is 0 Å². The van der Waals surface area contributed by atoms with Crippen LogP contribution >= 0.6 is 11.8 Å². The smallest absolute Gasteiger partial charge is 0.233 e. The minimum Gasteiger partial charge on any atom is -0.355 e. The first-order chi connectivity index (χ1) is 11.7. The molecule has 0 aliphatic heterocycles. The van der Waals surface area contributed by atoms with Crippen molar-refractivity contribution in [1.29, 1.82) is 0 Å². The summed E-state index contributed by atoms with van der Waals surface area (Å²) >= 11 is 1.41. The van der Waals surface area contributed by atoms with Gasteiger partial charge in [-0.05, 0) is 25.3 Å². The van der Waals surface area contributed by atoms with Gasteiger partial charge in [0.15, 0.2) is 5.65 Å². The van der Waals surface area contributed by atoms with E-state index >= 15 is 0 Å². The molecule has 3 aromatic rings. The number of hydrogen-bond acceptors (Lipinski definition) is 5. The zero-order chi connectivity index (χ0) is 16.8. The van der Waals surface area contributed by atoms with Gasteiger partial charge in [0.1, 0.15) is 16.9 Å². The molecule has 2 heterocycles. The molecule has 0 spiro atoms. The average Bonchev–Trinajstić information content (AvgIpc) is 3.09. The molecular formula is C17H19N5OS. The van der Waals surface area contributed by atoms with Gasteiger partial charge in [0.05, 0.1) is 11.6 Å². The molecule has 2 aromatic heterocycles. The van der Waals surface area contributed by atoms with Crippen LogP contribution in [0.15, 0.2) is 48.0 Å².